The Kier molecular flexibility index (Phi) is 6.19. The van der Waals surface area contributed by atoms with Crippen LogP contribution in [-0.2, 0) is 22.6 Å². The summed E-state index contributed by atoms with van der Waals surface area (Å²) in [6, 6.07) is 10.8. The van der Waals surface area contributed by atoms with Crippen molar-refractivity contribution >= 4 is 29.1 Å². The van der Waals surface area contributed by atoms with Crippen molar-refractivity contribution in [2.45, 2.75) is 26.3 Å². The molecule has 0 radical (unpaired) electrons. The fourth-order valence-corrected chi connectivity index (χ4v) is 3.03. The number of hydrogen-bond acceptors (Lipinski definition) is 4. The molecule has 0 atom stereocenters. The summed E-state index contributed by atoms with van der Waals surface area (Å²) in [4.78, 5) is 23.2. The van der Waals surface area contributed by atoms with Crippen molar-refractivity contribution in [3.05, 3.63) is 52.5 Å². The molecule has 142 valence electrons. The third-order valence-corrected chi connectivity index (χ3v) is 4.27. The molecule has 3 rings (SSSR count). The molecule has 0 unspecified atom stereocenters. The van der Waals surface area contributed by atoms with Crippen LogP contribution < -0.4 is 20.1 Å². The molecule has 0 aromatic heterocycles. The van der Waals surface area contributed by atoms with Gasteiger partial charge < -0.3 is 20.1 Å². The van der Waals surface area contributed by atoms with E-state index in [4.69, 9.17) is 21.1 Å². The zero-order valence-corrected chi connectivity index (χ0v) is 15.8. The number of carbonyl (C=O) groups is 2. The molecule has 0 aliphatic carbocycles. The largest absolute Gasteiger partial charge is 0.489 e. The lowest BCUT2D eigenvalue weighted by Gasteiger charge is -2.12. The Morgan fingerprint density at radius 2 is 1.81 bits per heavy atom. The predicted molar refractivity (Wildman–Crippen MR) is 103 cm³/mol. The van der Waals surface area contributed by atoms with Gasteiger partial charge in [-0.25, -0.2) is 0 Å². The molecular weight excluding hydrogens is 368 g/mol. The highest BCUT2D eigenvalue weighted by Crippen LogP contribution is 2.37. The number of fused-ring (bicyclic) bond motifs is 1. The number of halogens is 1. The lowest BCUT2D eigenvalue weighted by Crippen LogP contribution is -2.24. The van der Waals surface area contributed by atoms with Crippen LogP contribution in [0, 0.1) is 0 Å². The molecule has 0 spiro atoms. The van der Waals surface area contributed by atoms with Crippen LogP contribution in [0.3, 0.4) is 0 Å². The summed E-state index contributed by atoms with van der Waals surface area (Å²) in [5.74, 6) is 0.932. The lowest BCUT2D eigenvalue weighted by molar-refractivity contribution is -0.120. The first-order chi connectivity index (χ1) is 13.0. The second-order valence-electron chi connectivity index (χ2n) is 6.29. The molecule has 1 aliphatic rings. The minimum Gasteiger partial charge on any atom is -0.489 e. The lowest BCUT2D eigenvalue weighted by atomic mass is 10.1. The van der Waals surface area contributed by atoms with Gasteiger partial charge in [0, 0.05) is 25.6 Å². The van der Waals surface area contributed by atoms with E-state index in [9.17, 15) is 9.59 Å². The Hall–Kier alpha value is -2.73. The predicted octanol–water partition coefficient (Wildman–Crippen LogP) is 3.32. The highest BCUT2D eigenvalue weighted by Gasteiger charge is 2.16. The third kappa shape index (κ3) is 5.37. The van der Waals surface area contributed by atoms with Gasteiger partial charge in [0.1, 0.15) is 0 Å². The smallest absolute Gasteiger partial charge is 0.224 e. The number of hydrogen-bond donors (Lipinski definition) is 2. The second-order valence-corrected chi connectivity index (χ2v) is 6.69. The van der Waals surface area contributed by atoms with Gasteiger partial charge in [-0.15, -0.1) is 0 Å². The second kappa shape index (κ2) is 8.77. The van der Waals surface area contributed by atoms with E-state index in [-0.39, 0.29) is 18.2 Å². The van der Waals surface area contributed by atoms with E-state index in [1.165, 1.54) is 6.92 Å². The molecule has 1 aliphatic heterocycles. The van der Waals surface area contributed by atoms with Crippen molar-refractivity contribution in [3.63, 3.8) is 0 Å². The van der Waals surface area contributed by atoms with Crippen LogP contribution in [0.25, 0.3) is 0 Å². The number of benzene rings is 2. The Balaban J connectivity index is 1.57. The number of carbonyl (C=O) groups excluding carboxylic acids is 2. The number of amides is 2. The normalized spacial score (nSPS) is 12.8. The average molecular weight is 389 g/mol. The molecule has 1 heterocycles. The molecule has 2 N–H and O–H groups in total. The molecular formula is C20H21ClN2O4. The van der Waals surface area contributed by atoms with Gasteiger partial charge in [-0.1, -0.05) is 23.7 Å². The Labute approximate surface area is 162 Å². The van der Waals surface area contributed by atoms with Crippen molar-refractivity contribution in [2.75, 3.05) is 18.5 Å². The first-order valence-corrected chi connectivity index (χ1v) is 9.10. The SMILES string of the molecule is CC(=O)Nc1ccc(CC(=O)NCc2cc(Cl)c3c(c2)OCCCO3)cc1. The maximum Gasteiger partial charge on any atom is 0.224 e. The van der Waals surface area contributed by atoms with Crippen LogP contribution in [-0.4, -0.2) is 25.0 Å². The van der Waals surface area contributed by atoms with Crippen molar-refractivity contribution < 1.29 is 19.1 Å². The summed E-state index contributed by atoms with van der Waals surface area (Å²) >= 11 is 6.27. The van der Waals surface area contributed by atoms with Gasteiger partial charge in [-0.3, -0.25) is 9.59 Å². The van der Waals surface area contributed by atoms with Gasteiger partial charge in [0.05, 0.1) is 24.7 Å². The van der Waals surface area contributed by atoms with E-state index >= 15 is 0 Å². The number of ether oxygens (including phenoxy) is 2. The first-order valence-electron chi connectivity index (χ1n) is 8.72. The summed E-state index contributed by atoms with van der Waals surface area (Å²) in [7, 11) is 0. The maximum atomic E-state index is 12.2. The summed E-state index contributed by atoms with van der Waals surface area (Å²) in [5.41, 5.74) is 2.41. The van der Waals surface area contributed by atoms with Crippen LogP contribution in [0.5, 0.6) is 11.5 Å². The number of rotatable bonds is 5. The molecule has 0 saturated carbocycles. The zero-order valence-electron chi connectivity index (χ0n) is 15.0. The standard InChI is InChI=1S/C20H21ClN2O4/c1-13(24)23-16-5-3-14(4-6-16)11-19(25)22-12-15-9-17(21)20-18(10-15)26-7-2-8-27-20/h3-6,9-10H,2,7-8,11-12H2,1H3,(H,22,25)(H,23,24). The average Bonchev–Trinajstić information content (AvgIpc) is 2.87. The van der Waals surface area contributed by atoms with Crippen LogP contribution in [0.4, 0.5) is 5.69 Å². The van der Waals surface area contributed by atoms with Gasteiger partial charge in [0.25, 0.3) is 0 Å². The Morgan fingerprint density at radius 1 is 1.07 bits per heavy atom. The maximum absolute atomic E-state index is 12.2. The van der Waals surface area contributed by atoms with E-state index < -0.39 is 0 Å². The van der Waals surface area contributed by atoms with Crippen molar-refractivity contribution in [2.24, 2.45) is 0 Å². The third-order valence-electron chi connectivity index (χ3n) is 3.99. The van der Waals surface area contributed by atoms with Gasteiger partial charge in [-0.05, 0) is 35.4 Å². The van der Waals surface area contributed by atoms with Crippen LogP contribution in [0.15, 0.2) is 36.4 Å². The summed E-state index contributed by atoms with van der Waals surface area (Å²) in [6.07, 6.45) is 1.05. The fourth-order valence-electron chi connectivity index (χ4n) is 2.74. The number of anilines is 1. The molecule has 2 aromatic rings. The van der Waals surface area contributed by atoms with E-state index in [2.05, 4.69) is 10.6 Å². The highest BCUT2D eigenvalue weighted by atomic mass is 35.5. The van der Waals surface area contributed by atoms with Crippen molar-refractivity contribution in [1.29, 1.82) is 0 Å². The molecule has 6 nitrogen and oxygen atoms in total. The molecule has 0 fully saturated rings. The molecule has 0 saturated heterocycles. The minimum absolute atomic E-state index is 0.106. The van der Waals surface area contributed by atoms with E-state index in [1.54, 1.807) is 18.2 Å². The Bertz CT molecular complexity index is 837. The minimum atomic E-state index is -0.130. The van der Waals surface area contributed by atoms with Gasteiger partial charge in [-0.2, -0.15) is 0 Å². The Morgan fingerprint density at radius 3 is 2.56 bits per heavy atom. The van der Waals surface area contributed by atoms with Crippen molar-refractivity contribution in [1.82, 2.24) is 5.32 Å². The summed E-state index contributed by atoms with van der Waals surface area (Å²) in [5, 5.41) is 6.05. The van der Waals surface area contributed by atoms with E-state index in [0.29, 0.717) is 42.0 Å². The quantitative estimate of drug-likeness (QED) is 0.823. The monoisotopic (exact) mass is 388 g/mol. The van der Waals surface area contributed by atoms with Crippen LogP contribution in [0.1, 0.15) is 24.5 Å². The van der Waals surface area contributed by atoms with Gasteiger partial charge in [0.2, 0.25) is 11.8 Å². The van der Waals surface area contributed by atoms with Gasteiger partial charge in [0.15, 0.2) is 11.5 Å². The van der Waals surface area contributed by atoms with Gasteiger partial charge >= 0.3 is 0 Å². The van der Waals surface area contributed by atoms with E-state index in [1.807, 2.05) is 18.2 Å². The highest BCUT2D eigenvalue weighted by molar-refractivity contribution is 6.32. The summed E-state index contributed by atoms with van der Waals surface area (Å²) in [6.45, 7) is 2.95. The molecule has 2 amide bonds. The number of nitrogens with one attached hydrogen (secondary N) is 2. The van der Waals surface area contributed by atoms with Crippen molar-refractivity contribution in [3.8, 4) is 11.5 Å². The molecule has 7 heteroatoms. The van der Waals surface area contributed by atoms with Crippen LogP contribution >= 0.6 is 11.6 Å². The molecule has 2 aromatic carbocycles. The topological polar surface area (TPSA) is 76.7 Å². The van der Waals surface area contributed by atoms with Crippen LogP contribution in [0.2, 0.25) is 5.02 Å². The molecule has 27 heavy (non-hydrogen) atoms. The first kappa shape index (κ1) is 19.0. The summed E-state index contributed by atoms with van der Waals surface area (Å²) < 4.78 is 11.3. The zero-order chi connectivity index (χ0) is 19.2. The molecule has 0 bridgehead atoms. The van der Waals surface area contributed by atoms with E-state index in [0.717, 1.165) is 17.5 Å². The fraction of sp³-hybridized carbons (Fsp3) is 0.300.